The fraction of sp³-hybridized carbons (Fsp3) is 0.333. The zero-order chi connectivity index (χ0) is 29.3. The topological polar surface area (TPSA) is 104 Å². The average molecular weight is 550 g/mol. The third-order valence-corrected chi connectivity index (χ3v) is 8.26. The molecular formula is C33H39N7O. The number of nitrogens with zero attached hydrogens (tertiary/aromatic N) is 5. The Morgan fingerprint density at radius 1 is 0.951 bits per heavy atom. The fourth-order valence-corrected chi connectivity index (χ4v) is 6.08. The molecule has 8 heteroatoms. The molecule has 1 aliphatic rings. The van der Waals surface area contributed by atoms with Crippen LogP contribution in [0.1, 0.15) is 61.5 Å². The van der Waals surface area contributed by atoms with Gasteiger partial charge in [0, 0.05) is 45.5 Å². The number of fused-ring (bicyclic) bond motifs is 2. The molecule has 0 saturated heterocycles. The number of aryl methyl sites for hydroxylation is 3. The zero-order valence-electron chi connectivity index (χ0n) is 24.6. The highest BCUT2D eigenvalue weighted by molar-refractivity contribution is 5.94. The maximum Gasteiger partial charge on any atom is 0.253 e. The van der Waals surface area contributed by atoms with Crippen LogP contribution < -0.4 is 5.73 Å². The number of carbonyl (C=O) groups is 1. The van der Waals surface area contributed by atoms with Crippen LogP contribution in [-0.2, 0) is 24.7 Å². The molecule has 1 unspecified atom stereocenters. The maximum absolute atomic E-state index is 13.0. The van der Waals surface area contributed by atoms with Crippen LogP contribution in [0, 0.1) is 6.92 Å². The average Bonchev–Trinajstić information content (AvgIpc) is 3.46. The van der Waals surface area contributed by atoms with Crippen LogP contribution in [0.4, 0.5) is 0 Å². The number of H-pyrrole nitrogens is 1. The smallest absolute Gasteiger partial charge is 0.253 e. The summed E-state index contributed by atoms with van der Waals surface area (Å²) in [6.07, 6.45) is 2.85. The van der Waals surface area contributed by atoms with Crippen molar-refractivity contribution in [2.24, 2.45) is 5.73 Å². The van der Waals surface area contributed by atoms with Crippen LogP contribution in [0.5, 0.6) is 0 Å². The Kier molecular flexibility index (Phi) is 7.78. The lowest BCUT2D eigenvalue weighted by Gasteiger charge is -2.36. The monoisotopic (exact) mass is 549 g/mol. The number of hydrogen-bond acceptors (Lipinski definition) is 6. The molecule has 41 heavy (non-hydrogen) atoms. The van der Waals surface area contributed by atoms with E-state index in [1.807, 2.05) is 31.1 Å². The molecule has 2 atom stereocenters. The number of hydrogen-bond donors (Lipinski definition) is 2. The minimum Gasteiger partial charge on any atom is -0.378 e. The molecule has 212 valence electrons. The first kappa shape index (κ1) is 28.2. The summed E-state index contributed by atoms with van der Waals surface area (Å²) < 4.78 is 0. The fourth-order valence-electron chi connectivity index (χ4n) is 6.08. The molecule has 1 aromatic heterocycles. The molecule has 3 aromatic carbocycles. The molecule has 1 heterocycles. The molecule has 4 aromatic rings. The van der Waals surface area contributed by atoms with E-state index in [9.17, 15) is 4.79 Å². The highest BCUT2D eigenvalue weighted by atomic mass is 16.2. The lowest BCUT2D eigenvalue weighted by atomic mass is 9.67. The van der Waals surface area contributed by atoms with Crippen LogP contribution >= 0.6 is 0 Å². The van der Waals surface area contributed by atoms with Crippen molar-refractivity contribution in [1.29, 1.82) is 0 Å². The Balaban J connectivity index is 1.71. The predicted octanol–water partition coefficient (Wildman–Crippen LogP) is 4.14. The number of tetrazole rings is 1. The molecule has 0 radical (unpaired) electrons. The molecule has 0 fully saturated rings. The van der Waals surface area contributed by atoms with E-state index in [0.29, 0.717) is 24.2 Å². The van der Waals surface area contributed by atoms with E-state index in [1.54, 1.807) is 19.0 Å². The summed E-state index contributed by atoms with van der Waals surface area (Å²) in [6, 6.07) is 20.9. The summed E-state index contributed by atoms with van der Waals surface area (Å²) >= 11 is 0. The van der Waals surface area contributed by atoms with E-state index in [4.69, 9.17) is 5.73 Å². The second-order valence-corrected chi connectivity index (χ2v) is 11.6. The molecule has 1 amide bonds. The molecule has 0 bridgehead atoms. The predicted molar refractivity (Wildman–Crippen MR) is 163 cm³/mol. The Hall–Kier alpha value is -4.30. The second-order valence-electron chi connectivity index (χ2n) is 11.6. The van der Waals surface area contributed by atoms with Crippen molar-refractivity contribution in [1.82, 2.24) is 30.4 Å². The Morgan fingerprint density at radius 2 is 1.56 bits per heavy atom. The van der Waals surface area contributed by atoms with E-state index in [2.05, 4.69) is 82.7 Å². The van der Waals surface area contributed by atoms with E-state index in [-0.39, 0.29) is 11.9 Å². The third kappa shape index (κ3) is 5.39. The number of benzene rings is 3. The summed E-state index contributed by atoms with van der Waals surface area (Å²) in [5.74, 6) is 0.620. The highest BCUT2D eigenvalue weighted by Gasteiger charge is 2.45. The summed E-state index contributed by atoms with van der Waals surface area (Å²) in [4.78, 5) is 16.6. The Bertz CT molecular complexity index is 1480. The second kappa shape index (κ2) is 11.3. The maximum atomic E-state index is 13.0. The van der Waals surface area contributed by atoms with Gasteiger partial charge in [0.15, 0.2) is 5.82 Å². The third-order valence-electron chi connectivity index (χ3n) is 8.26. The minimum absolute atomic E-state index is 0.0258. The standard InChI is InChI=1S/C33H39N7O/c1-21-7-9-23(10-8-21)17-28(34)20-33(32-35-37-38-36-32)29-15-13-24(22(2)39(3)4)18-25(29)11-12-26-19-27(14-16-30(26)33)31(41)40(5)6/h7-10,13-16,18-19,28H,2,11-12,17,20,34H2,1,3-6H3,(H,35,36,37,38)/t28-,33?/m0/s1. The van der Waals surface area contributed by atoms with Crippen molar-refractivity contribution in [2.45, 2.75) is 44.1 Å². The largest absolute Gasteiger partial charge is 0.378 e. The molecule has 3 N–H and O–H groups in total. The van der Waals surface area contributed by atoms with E-state index in [0.717, 1.165) is 40.8 Å². The van der Waals surface area contributed by atoms with Gasteiger partial charge < -0.3 is 15.5 Å². The zero-order valence-corrected chi connectivity index (χ0v) is 24.6. The van der Waals surface area contributed by atoms with Crippen molar-refractivity contribution in [3.63, 3.8) is 0 Å². The molecule has 0 aliphatic heterocycles. The van der Waals surface area contributed by atoms with Crippen molar-refractivity contribution < 1.29 is 4.79 Å². The quantitative estimate of drug-likeness (QED) is 0.343. The first-order valence-corrected chi connectivity index (χ1v) is 14.0. The van der Waals surface area contributed by atoms with Gasteiger partial charge in [0.25, 0.3) is 5.91 Å². The summed E-state index contributed by atoms with van der Waals surface area (Å²) in [5, 5.41) is 15.7. The number of nitrogens with one attached hydrogen (secondary N) is 1. The Labute approximate surface area is 242 Å². The number of amides is 1. The van der Waals surface area contributed by atoms with E-state index >= 15 is 0 Å². The highest BCUT2D eigenvalue weighted by Crippen LogP contribution is 2.47. The SMILES string of the molecule is C=C(c1ccc2c(c1)CCc1cc(C(=O)N(C)C)ccc1C2(C[C@@H](N)Cc1ccc(C)cc1)c1nnn[nH]1)N(C)C. The molecule has 8 nitrogen and oxygen atoms in total. The molecular weight excluding hydrogens is 510 g/mol. The number of carbonyl (C=O) groups excluding carboxylic acids is 1. The van der Waals surface area contributed by atoms with Crippen molar-refractivity contribution in [2.75, 3.05) is 28.2 Å². The number of aromatic amines is 1. The van der Waals surface area contributed by atoms with Crippen molar-refractivity contribution >= 4 is 11.6 Å². The van der Waals surface area contributed by atoms with Crippen molar-refractivity contribution in [3.05, 3.63) is 118 Å². The van der Waals surface area contributed by atoms with Crippen LogP contribution in [0.25, 0.3) is 5.70 Å². The van der Waals surface area contributed by atoms with E-state index in [1.165, 1.54) is 16.7 Å². The van der Waals surface area contributed by atoms with Gasteiger partial charge in [-0.3, -0.25) is 4.79 Å². The minimum atomic E-state index is -0.744. The lowest BCUT2D eigenvalue weighted by Crippen LogP contribution is -2.40. The first-order valence-electron chi connectivity index (χ1n) is 14.0. The van der Waals surface area contributed by atoms with E-state index < -0.39 is 5.41 Å². The van der Waals surface area contributed by atoms with Crippen LogP contribution in [-0.4, -0.2) is 70.6 Å². The summed E-state index contributed by atoms with van der Waals surface area (Å²) in [5.41, 5.74) is 15.8. The van der Waals surface area contributed by atoms with Gasteiger partial charge >= 0.3 is 0 Å². The van der Waals surface area contributed by atoms with Gasteiger partial charge in [-0.2, -0.15) is 0 Å². The Morgan fingerprint density at radius 3 is 2.12 bits per heavy atom. The van der Waals surface area contributed by atoms with Gasteiger partial charge in [-0.25, -0.2) is 5.10 Å². The number of nitrogens with two attached hydrogens (primary N) is 1. The van der Waals surface area contributed by atoms with Crippen LogP contribution in [0.15, 0.2) is 67.2 Å². The first-order chi connectivity index (χ1) is 19.6. The molecule has 0 saturated carbocycles. The lowest BCUT2D eigenvalue weighted by molar-refractivity contribution is 0.0827. The van der Waals surface area contributed by atoms with Gasteiger partial charge in [0.2, 0.25) is 0 Å². The van der Waals surface area contributed by atoms with Gasteiger partial charge in [-0.1, -0.05) is 54.6 Å². The van der Waals surface area contributed by atoms with Gasteiger partial charge in [0.05, 0.1) is 5.41 Å². The van der Waals surface area contributed by atoms with Gasteiger partial charge in [0.1, 0.15) is 0 Å². The summed E-state index contributed by atoms with van der Waals surface area (Å²) in [7, 11) is 7.55. The molecule has 1 aliphatic carbocycles. The van der Waals surface area contributed by atoms with Gasteiger partial charge in [-0.05, 0) is 94.6 Å². The normalized spacial score (nSPS) is 16.7. The van der Waals surface area contributed by atoms with Crippen molar-refractivity contribution in [3.8, 4) is 0 Å². The van der Waals surface area contributed by atoms with Gasteiger partial charge in [-0.15, -0.1) is 5.10 Å². The summed E-state index contributed by atoms with van der Waals surface area (Å²) in [6.45, 7) is 6.38. The molecule has 0 spiro atoms. The van der Waals surface area contributed by atoms with Crippen LogP contribution in [0.3, 0.4) is 0 Å². The number of aromatic nitrogens is 4. The molecule has 5 rings (SSSR count). The van der Waals surface area contributed by atoms with Crippen LogP contribution in [0.2, 0.25) is 0 Å². The number of rotatable bonds is 8.